The van der Waals surface area contributed by atoms with Crippen molar-refractivity contribution in [2.24, 2.45) is 5.73 Å². The highest BCUT2D eigenvalue weighted by Gasteiger charge is 2.14. The molecule has 250 valence electrons. The third-order valence-electron chi connectivity index (χ3n) is 5.95. The number of aliphatic carboxylic acids is 1. The zero-order valence-electron chi connectivity index (χ0n) is 28.0. The first-order valence-corrected chi connectivity index (χ1v) is 17.1. The van der Waals surface area contributed by atoms with Crippen LogP contribution in [0.3, 0.4) is 0 Å². The second-order valence-corrected chi connectivity index (χ2v) is 12.1. The van der Waals surface area contributed by atoms with E-state index in [4.69, 9.17) is 25.1 Å². The van der Waals surface area contributed by atoms with Crippen molar-refractivity contribution in [2.45, 2.75) is 67.6 Å². The predicted octanol–water partition coefficient (Wildman–Crippen LogP) is 6.62. The van der Waals surface area contributed by atoms with Crippen molar-refractivity contribution in [3.8, 4) is 16.9 Å². The number of amides is 1. The van der Waals surface area contributed by atoms with E-state index in [1.54, 1.807) is 13.2 Å². The van der Waals surface area contributed by atoms with Gasteiger partial charge in [0.15, 0.2) is 0 Å². The molecule has 0 atom stereocenters. The lowest BCUT2D eigenvalue weighted by molar-refractivity contribution is -0.134. The number of ether oxygens (including phenoxy) is 3. The number of carboxylic acid groups (broad SMARTS) is 1. The molecule has 0 spiro atoms. The topological polar surface area (TPSA) is 142 Å². The summed E-state index contributed by atoms with van der Waals surface area (Å²) < 4.78 is 36.5. The van der Waals surface area contributed by atoms with Crippen LogP contribution in [-0.2, 0) is 43.7 Å². The first kappa shape index (κ1) is 41.3. The Kier molecular flexibility index (Phi) is 20.8. The number of hydrogen-bond donors (Lipinski definition) is 2. The maximum Gasteiger partial charge on any atom is 0.300 e. The molecule has 1 heterocycles. The highest BCUT2D eigenvalue weighted by molar-refractivity contribution is 7.90. The van der Waals surface area contributed by atoms with Gasteiger partial charge in [-0.3, -0.25) is 9.59 Å². The molecule has 3 aromatic carbocycles. The van der Waals surface area contributed by atoms with Gasteiger partial charge in [-0.15, -0.1) is 0 Å². The van der Waals surface area contributed by atoms with Gasteiger partial charge in [0, 0.05) is 44.6 Å². The van der Waals surface area contributed by atoms with Crippen LogP contribution in [0, 0.1) is 6.92 Å². The van der Waals surface area contributed by atoms with Crippen LogP contribution in [0.5, 0.6) is 5.75 Å². The van der Waals surface area contributed by atoms with Crippen LogP contribution in [0.15, 0.2) is 60.7 Å². The van der Waals surface area contributed by atoms with Gasteiger partial charge in [-0.25, -0.2) is 8.42 Å². The van der Waals surface area contributed by atoms with Crippen molar-refractivity contribution < 1.29 is 37.3 Å². The lowest BCUT2D eigenvalue weighted by atomic mass is 9.94. The maximum absolute atomic E-state index is 11.9. The third kappa shape index (κ3) is 17.4. The summed E-state index contributed by atoms with van der Waals surface area (Å²) in [5.74, 6) is 0.0186. The van der Waals surface area contributed by atoms with Crippen LogP contribution in [0.2, 0.25) is 0 Å². The van der Waals surface area contributed by atoms with Gasteiger partial charge in [0.05, 0.1) is 19.8 Å². The summed E-state index contributed by atoms with van der Waals surface area (Å²) in [7, 11) is -0.994. The molecule has 0 aliphatic carbocycles. The monoisotopic (exact) mass is 645 g/mol. The van der Waals surface area contributed by atoms with E-state index in [9.17, 15) is 13.2 Å². The Morgan fingerprint density at radius 2 is 1.51 bits per heavy atom. The number of sulfone groups is 1. The molecule has 1 aliphatic heterocycles. The van der Waals surface area contributed by atoms with Gasteiger partial charge in [0.2, 0.25) is 5.91 Å². The fourth-order valence-corrected chi connectivity index (χ4v) is 4.69. The summed E-state index contributed by atoms with van der Waals surface area (Å²) in [5.41, 5.74) is 12.4. The minimum Gasteiger partial charge on any atom is -0.493 e. The number of primary amides is 1. The zero-order valence-corrected chi connectivity index (χ0v) is 28.8. The Hall–Kier alpha value is -3.73. The van der Waals surface area contributed by atoms with Gasteiger partial charge in [-0.2, -0.15) is 0 Å². The van der Waals surface area contributed by atoms with Crippen molar-refractivity contribution in [2.75, 3.05) is 32.3 Å². The van der Waals surface area contributed by atoms with Gasteiger partial charge >= 0.3 is 0 Å². The van der Waals surface area contributed by atoms with E-state index in [0.29, 0.717) is 24.5 Å². The predicted molar refractivity (Wildman–Crippen MR) is 181 cm³/mol. The first-order valence-electron chi connectivity index (χ1n) is 15.0. The van der Waals surface area contributed by atoms with Gasteiger partial charge in [0.1, 0.15) is 15.6 Å². The van der Waals surface area contributed by atoms with Crippen LogP contribution in [0.4, 0.5) is 0 Å². The summed E-state index contributed by atoms with van der Waals surface area (Å²) in [5, 5.41) is 7.42. The average molecular weight is 646 g/mol. The Bertz CT molecular complexity index is 1410. The molecule has 4 rings (SSSR count). The molecule has 1 amide bonds. The molecule has 0 unspecified atom stereocenters. The number of hydrogen-bond acceptors (Lipinski definition) is 7. The molecule has 10 heteroatoms. The minimum absolute atomic E-state index is 0.312. The molecule has 1 aliphatic rings. The van der Waals surface area contributed by atoms with Gasteiger partial charge in [0.25, 0.3) is 5.97 Å². The Balaban J connectivity index is 0.000000946. The molecule has 0 radical (unpaired) electrons. The van der Waals surface area contributed by atoms with E-state index in [1.807, 2.05) is 71.0 Å². The quantitative estimate of drug-likeness (QED) is 0.264. The summed E-state index contributed by atoms with van der Waals surface area (Å²) in [6.45, 7) is 13.5. The largest absolute Gasteiger partial charge is 0.493 e. The highest BCUT2D eigenvalue weighted by atomic mass is 32.2. The molecule has 0 saturated heterocycles. The third-order valence-corrected chi connectivity index (χ3v) is 7.10. The van der Waals surface area contributed by atoms with Gasteiger partial charge in [-0.05, 0) is 71.8 Å². The molecule has 0 aromatic heterocycles. The molecule has 45 heavy (non-hydrogen) atoms. The van der Waals surface area contributed by atoms with E-state index in [0.717, 1.165) is 66.5 Å². The Morgan fingerprint density at radius 3 is 2.00 bits per heavy atom. The van der Waals surface area contributed by atoms with Crippen molar-refractivity contribution in [3.05, 3.63) is 88.5 Å². The Labute approximate surface area is 269 Å². The minimum atomic E-state index is -2.67. The second kappa shape index (κ2) is 22.7. The SMILES string of the molecule is CC.CC(=O)O.CCCS(C)(=O)=O.CCOC.Cc1ccccc1-c1cc(COCc2ccc3c(c2)OCC3)ccc1C(N)=O. The molecule has 3 aromatic rings. The number of fused-ring (bicyclic) bond motifs is 1. The molecular weight excluding hydrogens is 594 g/mol. The molecule has 3 N–H and O–H groups in total. The lowest BCUT2D eigenvalue weighted by Crippen LogP contribution is -2.13. The summed E-state index contributed by atoms with van der Waals surface area (Å²) in [6, 6.07) is 19.9. The second-order valence-electron chi connectivity index (χ2n) is 9.82. The number of carbonyl (C=O) groups excluding carboxylic acids is 1. The van der Waals surface area contributed by atoms with Crippen molar-refractivity contribution in [1.82, 2.24) is 0 Å². The fraction of sp³-hybridized carbons (Fsp3) is 0.429. The van der Waals surface area contributed by atoms with Crippen molar-refractivity contribution in [3.63, 3.8) is 0 Å². The highest BCUT2D eigenvalue weighted by Crippen LogP contribution is 2.29. The smallest absolute Gasteiger partial charge is 0.300 e. The number of nitrogens with two attached hydrogens (primary N) is 1. The Morgan fingerprint density at radius 1 is 0.956 bits per heavy atom. The molecular formula is C35H51NO8S. The molecule has 9 nitrogen and oxygen atoms in total. The van der Waals surface area contributed by atoms with Gasteiger partial charge < -0.3 is 25.1 Å². The molecule has 0 bridgehead atoms. The van der Waals surface area contributed by atoms with E-state index in [1.165, 1.54) is 11.8 Å². The van der Waals surface area contributed by atoms with E-state index >= 15 is 0 Å². The van der Waals surface area contributed by atoms with Crippen LogP contribution in [0.25, 0.3) is 11.1 Å². The summed E-state index contributed by atoms with van der Waals surface area (Å²) >= 11 is 0. The molecule has 0 saturated carbocycles. The van der Waals surface area contributed by atoms with Crippen LogP contribution >= 0.6 is 0 Å². The maximum atomic E-state index is 11.9. The van der Waals surface area contributed by atoms with Crippen LogP contribution < -0.4 is 10.5 Å². The van der Waals surface area contributed by atoms with Crippen molar-refractivity contribution >= 4 is 21.7 Å². The lowest BCUT2D eigenvalue weighted by Gasteiger charge is -2.13. The molecule has 0 fully saturated rings. The first-order chi connectivity index (χ1) is 21.3. The number of rotatable bonds is 9. The van der Waals surface area contributed by atoms with E-state index in [-0.39, 0.29) is 0 Å². The van der Waals surface area contributed by atoms with Crippen molar-refractivity contribution in [1.29, 1.82) is 0 Å². The summed E-state index contributed by atoms with van der Waals surface area (Å²) in [6.07, 6.45) is 2.94. The number of carboxylic acids is 1. The number of carbonyl (C=O) groups is 2. The standard InChI is InChI=1S/C24H23NO3.C4H10O2S.C3H8O.C2H4O2.C2H6/c1-16-4-2-3-5-20(16)22-12-17(7-9-21(22)24(25)26)14-27-15-18-6-8-19-10-11-28-23(19)13-18;1-3-4-7(2,5)6;1-3-4-2;1-2(3)4;1-2/h2-9,12-13H,10-11,14-15H2,1H3,(H2,25,26);3-4H2,1-2H3;3H2,1-2H3;1H3,(H,3,4);1-2H3. The average Bonchev–Trinajstić information content (AvgIpc) is 3.46. The van der Waals surface area contributed by atoms with E-state index < -0.39 is 21.7 Å². The zero-order chi connectivity index (χ0) is 34.4. The number of methoxy groups -OCH3 is 1. The van der Waals surface area contributed by atoms with Crippen LogP contribution in [-0.4, -0.2) is 57.7 Å². The van der Waals surface area contributed by atoms with Crippen LogP contribution in [0.1, 0.15) is 73.7 Å². The van der Waals surface area contributed by atoms with E-state index in [2.05, 4.69) is 22.9 Å². The van der Waals surface area contributed by atoms with Gasteiger partial charge in [-0.1, -0.05) is 63.2 Å². The number of aryl methyl sites for hydroxylation is 1. The number of benzene rings is 3. The fourth-order valence-electron chi connectivity index (χ4n) is 3.95. The summed E-state index contributed by atoms with van der Waals surface area (Å²) in [4.78, 5) is 20.9. The normalized spacial score (nSPS) is 10.9.